The number of carbonyl (C=O) groups is 1. The Balaban J connectivity index is 1.41. The van der Waals surface area contributed by atoms with Crippen LogP contribution < -0.4 is 10.5 Å². The first-order chi connectivity index (χ1) is 16.7. The fraction of sp³-hybridized carbons (Fsp3) is 0.346. The molecule has 4 rings (SSSR count). The number of rotatable bonds is 6. The number of halogens is 2. The van der Waals surface area contributed by atoms with E-state index >= 15 is 0 Å². The summed E-state index contributed by atoms with van der Waals surface area (Å²) in [5.74, 6) is -0.289. The van der Waals surface area contributed by atoms with Crippen molar-refractivity contribution in [2.24, 2.45) is 7.05 Å². The number of hydrogen-bond acceptors (Lipinski definition) is 5. The van der Waals surface area contributed by atoms with Gasteiger partial charge in [0, 0.05) is 50.9 Å². The van der Waals surface area contributed by atoms with Gasteiger partial charge in [-0.1, -0.05) is 47.6 Å². The Morgan fingerprint density at radius 3 is 2.43 bits per heavy atom. The highest BCUT2D eigenvalue weighted by molar-refractivity contribution is 8.00. The number of aromatic nitrogens is 2. The lowest BCUT2D eigenvalue weighted by atomic mass is 10.1. The predicted molar refractivity (Wildman–Crippen MR) is 139 cm³/mol. The van der Waals surface area contributed by atoms with Crippen LogP contribution in [-0.4, -0.2) is 51.8 Å². The first-order valence-electron chi connectivity index (χ1n) is 11.5. The zero-order valence-electron chi connectivity index (χ0n) is 20.0. The standard InChI is InChI=1S/C26H28ClFN4O2S/c1-17-21(16-19-8-10-20(28)11-9-19)25(34)30(3)26(29-17)35-18(2)24(33)32-14-12-31(13-15-32)23-7-5-4-6-22(23)27/h4-11,18H,12-16H2,1-3H3. The van der Waals surface area contributed by atoms with Gasteiger partial charge in [0.2, 0.25) is 5.91 Å². The zero-order valence-corrected chi connectivity index (χ0v) is 21.6. The first-order valence-corrected chi connectivity index (χ1v) is 12.8. The van der Waals surface area contributed by atoms with Gasteiger partial charge in [-0.2, -0.15) is 0 Å². The Kier molecular flexibility index (Phi) is 7.82. The number of carbonyl (C=O) groups excluding carboxylic acids is 1. The maximum absolute atomic E-state index is 13.2. The molecule has 2 heterocycles. The van der Waals surface area contributed by atoms with Gasteiger partial charge in [0.25, 0.3) is 5.56 Å². The third-order valence-corrected chi connectivity index (χ3v) is 7.71. The van der Waals surface area contributed by atoms with Gasteiger partial charge < -0.3 is 9.80 Å². The number of nitrogens with zero attached hydrogens (tertiary/aromatic N) is 4. The van der Waals surface area contributed by atoms with Crippen LogP contribution in [0.1, 0.15) is 23.7 Å². The van der Waals surface area contributed by atoms with Gasteiger partial charge >= 0.3 is 0 Å². The van der Waals surface area contributed by atoms with Gasteiger partial charge in [-0.3, -0.25) is 14.2 Å². The van der Waals surface area contributed by atoms with Crippen molar-refractivity contribution in [1.82, 2.24) is 14.5 Å². The number of aryl methyl sites for hydroxylation is 1. The summed E-state index contributed by atoms with van der Waals surface area (Å²) in [7, 11) is 1.67. The summed E-state index contributed by atoms with van der Waals surface area (Å²) in [6.07, 6.45) is 0.376. The number of thioether (sulfide) groups is 1. The van der Waals surface area contributed by atoms with Crippen LogP contribution in [0.15, 0.2) is 58.5 Å². The molecule has 3 aromatic rings. The van der Waals surface area contributed by atoms with Crippen LogP contribution in [0.25, 0.3) is 0 Å². The smallest absolute Gasteiger partial charge is 0.257 e. The molecule has 2 aromatic carbocycles. The molecule has 35 heavy (non-hydrogen) atoms. The van der Waals surface area contributed by atoms with E-state index in [-0.39, 0.29) is 22.5 Å². The molecule has 1 amide bonds. The van der Waals surface area contributed by atoms with Crippen LogP contribution in [0, 0.1) is 12.7 Å². The molecule has 1 unspecified atom stereocenters. The lowest BCUT2D eigenvalue weighted by Crippen LogP contribution is -2.50. The fourth-order valence-corrected chi connectivity index (χ4v) is 5.44. The molecular formula is C26H28ClFN4O2S. The summed E-state index contributed by atoms with van der Waals surface area (Å²) >= 11 is 7.62. The quantitative estimate of drug-likeness (QED) is 0.362. The molecule has 0 N–H and O–H groups in total. The van der Waals surface area contributed by atoms with Crippen LogP contribution in [-0.2, 0) is 18.3 Å². The van der Waals surface area contributed by atoms with Crippen LogP contribution >= 0.6 is 23.4 Å². The van der Waals surface area contributed by atoms with Crippen molar-refractivity contribution < 1.29 is 9.18 Å². The van der Waals surface area contributed by atoms with E-state index in [0.717, 1.165) is 11.3 Å². The first kappa shape index (κ1) is 25.3. The highest BCUT2D eigenvalue weighted by atomic mass is 35.5. The Hall–Kier alpha value is -2.84. The molecule has 0 spiro atoms. The summed E-state index contributed by atoms with van der Waals surface area (Å²) in [5.41, 5.74) is 2.86. The molecule has 1 fully saturated rings. The summed E-state index contributed by atoms with van der Waals surface area (Å²) in [4.78, 5) is 34.9. The molecule has 9 heteroatoms. The van der Waals surface area contributed by atoms with Gasteiger partial charge in [-0.05, 0) is 43.7 Å². The normalized spacial score (nSPS) is 14.8. The summed E-state index contributed by atoms with van der Waals surface area (Å²) in [6.45, 7) is 6.28. The second kappa shape index (κ2) is 10.8. The SMILES string of the molecule is Cc1nc(SC(C)C(=O)N2CCN(c3ccccc3Cl)CC2)n(C)c(=O)c1Cc1ccc(F)cc1. The molecule has 1 atom stereocenters. The monoisotopic (exact) mass is 514 g/mol. The van der Waals surface area contributed by atoms with E-state index in [0.29, 0.717) is 54.0 Å². The highest BCUT2D eigenvalue weighted by Crippen LogP contribution is 2.27. The van der Waals surface area contributed by atoms with Crippen LogP contribution in [0.4, 0.5) is 10.1 Å². The van der Waals surface area contributed by atoms with Crippen molar-refractivity contribution in [1.29, 1.82) is 0 Å². The Labute approximate surface area is 213 Å². The summed E-state index contributed by atoms with van der Waals surface area (Å²) in [5, 5.41) is 0.828. The third-order valence-electron chi connectivity index (χ3n) is 6.26. The Morgan fingerprint density at radius 2 is 1.77 bits per heavy atom. The van der Waals surface area contributed by atoms with Crippen molar-refractivity contribution in [2.75, 3.05) is 31.1 Å². The number of para-hydroxylation sites is 1. The predicted octanol–water partition coefficient (Wildman–Crippen LogP) is 4.30. The molecular weight excluding hydrogens is 487 g/mol. The van der Waals surface area contributed by atoms with Gasteiger partial charge in [-0.15, -0.1) is 0 Å². The molecule has 1 aliphatic rings. The molecule has 0 saturated carbocycles. The highest BCUT2D eigenvalue weighted by Gasteiger charge is 2.27. The minimum Gasteiger partial charge on any atom is -0.367 e. The maximum atomic E-state index is 13.2. The lowest BCUT2D eigenvalue weighted by molar-refractivity contribution is -0.130. The average Bonchev–Trinajstić information content (AvgIpc) is 2.86. The third kappa shape index (κ3) is 5.70. The fourth-order valence-electron chi connectivity index (χ4n) is 4.19. The van der Waals surface area contributed by atoms with E-state index in [9.17, 15) is 14.0 Å². The number of piperazine rings is 1. The van der Waals surface area contributed by atoms with Crippen LogP contribution in [0.5, 0.6) is 0 Å². The van der Waals surface area contributed by atoms with Crippen molar-refractivity contribution in [2.45, 2.75) is 30.7 Å². The Bertz CT molecular complexity index is 1270. The number of anilines is 1. The number of amides is 1. The zero-order chi connectivity index (χ0) is 25.1. The van der Waals surface area contributed by atoms with E-state index < -0.39 is 0 Å². The molecule has 0 aliphatic carbocycles. The molecule has 0 bridgehead atoms. The summed E-state index contributed by atoms with van der Waals surface area (Å²) in [6, 6.07) is 13.8. The molecule has 1 saturated heterocycles. The largest absolute Gasteiger partial charge is 0.367 e. The second-order valence-corrected chi connectivity index (χ2v) is 10.4. The van der Waals surface area contributed by atoms with Crippen molar-refractivity contribution in [3.63, 3.8) is 0 Å². The van der Waals surface area contributed by atoms with Crippen LogP contribution in [0.3, 0.4) is 0 Å². The lowest BCUT2D eigenvalue weighted by Gasteiger charge is -2.37. The van der Waals surface area contributed by atoms with E-state index in [1.165, 1.54) is 28.5 Å². The second-order valence-electron chi connectivity index (χ2n) is 8.65. The topological polar surface area (TPSA) is 58.4 Å². The summed E-state index contributed by atoms with van der Waals surface area (Å²) < 4.78 is 14.7. The van der Waals surface area contributed by atoms with Gasteiger partial charge in [0.05, 0.1) is 16.0 Å². The minimum atomic E-state index is -0.387. The van der Waals surface area contributed by atoms with E-state index in [2.05, 4.69) is 9.88 Å². The van der Waals surface area contributed by atoms with Crippen molar-refractivity contribution in [3.05, 3.63) is 86.5 Å². The van der Waals surface area contributed by atoms with E-state index in [1.54, 1.807) is 26.1 Å². The average molecular weight is 515 g/mol. The molecule has 184 valence electrons. The molecule has 0 radical (unpaired) electrons. The molecule has 1 aliphatic heterocycles. The maximum Gasteiger partial charge on any atom is 0.257 e. The number of hydrogen-bond donors (Lipinski definition) is 0. The van der Waals surface area contributed by atoms with Crippen molar-refractivity contribution >= 4 is 35.0 Å². The molecule has 1 aromatic heterocycles. The van der Waals surface area contributed by atoms with Gasteiger partial charge in [0.1, 0.15) is 5.82 Å². The molecule has 6 nitrogen and oxygen atoms in total. The van der Waals surface area contributed by atoms with E-state index in [4.69, 9.17) is 11.6 Å². The van der Waals surface area contributed by atoms with Crippen molar-refractivity contribution in [3.8, 4) is 0 Å². The van der Waals surface area contributed by atoms with Gasteiger partial charge in [0.15, 0.2) is 5.16 Å². The Morgan fingerprint density at radius 1 is 1.11 bits per heavy atom. The minimum absolute atomic E-state index is 0.0242. The van der Waals surface area contributed by atoms with Gasteiger partial charge in [-0.25, -0.2) is 9.37 Å². The number of benzene rings is 2. The van der Waals surface area contributed by atoms with E-state index in [1.807, 2.05) is 36.1 Å². The van der Waals surface area contributed by atoms with Crippen LogP contribution in [0.2, 0.25) is 5.02 Å².